The Morgan fingerprint density at radius 2 is 1.94 bits per heavy atom. The lowest BCUT2D eigenvalue weighted by Gasteiger charge is -2.40. The zero-order chi connectivity index (χ0) is 26.5. The third-order valence-electron chi connectivity index (χ3n) is 5.41. The number of carbonyl (C=O) groups is 2. The van der Waals surface area contributed by atoms with E-state index >= 15 is 0 Å². The summed E-state index contributed by atoms with van der Waals surface area (Å²) in [4.78, 5) is 30.9. The molecule has 0 saturated carbocycles. The molecular weight excluding hydrogens is 464 g/mol. The van der Waals surface area contributed by atoms with Crippen LogP contribution in [0, 0.1) is 0 Å². The Kier molecular flexibility index (Phi) is 8.21. The maximum absolute atomic E-state index is 12.8. The molecule has 2 aromatic carbocycles. The second-order valence-electron chi connectivity index (χ2n) is 8.71. The molecule has 36 heavy (non-hydrogen) atoms. The lowest BCUT2D eigenvalue weighted by Crippen LogP contribution is -2.52. The monoisotopic (exact) mass is 496 g/mol. The molecule has 10 heteroatoms. The molecule has 0 unspecified atom stereocenters. The Morgan fingerprint density at radius 1 is 1.22 bits per heavy atom. The van der Waals surface area contributed by atoms with Gasteiger partial charge in [0, 0.05) is 38.9 Å². The van der Waals surface area contributed by atoms with E-state index in [4.69, 9.17) is 24.7 Å². The number of nitrogens with one attached hydrogen (secondary N) is 1. The lowest BCUT2D eigenvalue weighted by molar-refractivity contribution is -0.0366. The van der Waals surface area contributed by atoms with Crippen LogP contribution in [0.1, 0.15) is 41.5 Å². The van der Waals surface area contributed by atoms with E-state index in [2.05, 4.69) is 10.3 Å². The Hall–Kier alpha value is -4.05. The molecule has 1 atom stereocenters. The number of methoxy groups -OCH3 is 1. The Labute approximate surface area is 210 Å². The number of hydrogen-bond donors (Lipinski definition) is 2. The second-order valence-corrected chi connectivity index (χ2v) is 8.71. The van der Waals surface area contributed by atoms with Crippen molar-refractivity contribution in [1.82, 2.24) is 10.2 Å². The fraction of sp³-hybridized carbons (Fsp3) is 0.346. The normalized spacial score (nSPS) is 15.8. The SMILES string of the molecule is CN/C=C\C(N)=NC(=O)c1cc(Oc2ccc3c(c2)OC(C)(C)N(C)C3=O)cc(O[C@@H](C)COC)c1. The number of aliphatic imine (C=N–C) groups is 1. The van der Waals surface area contributed by atoms with Gasteiger partial charge in [0.15, 0.2) is 5.72 Å². The molecule has 2 amide bonds. The zero-order valence-electron chi connectivity index (χ0n) is 21.3. The van der Waals surface area contributed by atoms with E-state index < -0.39 is 11.6 Å². The molecule has 0 aliphatic carbocycles. The van der Waals surface area contributed by atoms with Crippen LogP contribution in [0.25, 0.3) is 0 Å². The largest absolute Gasteiger partial charge is 0.488 e. The summed E-state index contributed by atoms with van der Waals surface area (Å²) in [6.07, 6.45) is 2.76. The first-order chi connectivity index (χ1) is 17.0. The van der Waals surface area contributed by atoms with E-state index in [1.807, 2.05) is 6.92 Å². The van der Waals surface area contributed by atoms with Gasteiger partial charge in [-0.05, 0) is 57.3 Å². The van der Waals surface area contributed by atoms with E-state index in [0.29, 0.717) is 35.2 Å². The average molecular weight is 497 g/mol. The van der Waals surface area contributed by atoms with Crippen LogP contribution in [0.3, 0.4) is 0 Å². The number of benzene rings is 2. The summed E-state index contributed by atoms with van der Waals surface area (Å²) < 4.78 is 23.1. The summed E-state index contributed by atoms with van der Waals surface area (Å²) in [7, 11) is 4.97. The van der Waals surface area contributed by atoms with Crippen molar-refractivity contribution in [2.24, 2.45) is 10.7 Å². The smallest absolute Gasteiger partial charge is 0.279 e. The van der Waals surface area contributed by atoms with Gasteiger partial charge in [-0.2, -0.15) is 4.99 Å². The van der Waals surface area contributed by atoms with E-state index in [-0.39, 0.29) is 23.4 Å². The third-order valence-corrected chi connectivity index (χ3v) is 5.41. The van der Waals surface area contributed by atoms with Crippen molar-refractivity contribution in [2.75, 3.05) is 27.8 Å². The number of fused-ring (bicyclic) bond motifs is 1. The third kappa shape index (κ3) is 6.33. The van der Waals surface area contributed by atoms with E-state index in [1.54, 1.807) is 71.6 Å². The molecule has 1 aliphatic rings. The molecule has 2 aromatic rings. The van der Waals surface area contributed by atoms with E-state index in [9.17, 15) is 9.59 Å². The van der Waals surface area contributed by atoms with Crippen molar-refractivity contribution in [3.63, 3.8) is 0 Å². The minimum Gasteiger partial charge on any atom is -0.488 e. The van der Waals surface area contributed by atoms with Crippen LogP contribution in [0.2, 0.25) is 0 Å². The summed E-state index contributed by atoms with van der Waals surface area (Å²) in [6, 6.07) is 9.70. The Morgan fingerprint density at radius 3 is 2.64 bits per heavy atom. The van der Waals surface area contributed by atoms with Gasteiger partial charge in [-0.1, -0.05) is 0 Å². The molecule has 0 fully saturated rings. The summed E-state index contributed by atoms with van der Waals surface area (Å²) in [5.41, 5.74) is 5.65. The van der Waals surface area contributed by atoms with Gasteiger partial charge in [-0.3, -0.25) is 9.59 Å². The number of amidine groups is 1. The Balaban J connectivity index is 1.94. The van der Waals surface area contributed by atoms with Gasteiger partial charge in [0.2, 0.25) is 0 Å². The van der Waals surface area contributed by atoms with Gasteiger partial charge in [-0.15, -0.1) is 0 Å². The van der Waals surface area contributed by atoms with E-state index in [1.165, 1.54) is 17.0 Å². The highest BCUT2D eigenvalue weighted by Gasteiger charge is 2.37. The van der Waals surface area contributed by atoms with Crippen molar-refractivity contribution in [1.29, 1.82) is 0 Å². The first-order valence-corrected chi connectivity index (χ1v) is 11.4. The van der Waals surface area contributed by atoms with E-state index in [0.717, 1.165) is 0 Å². The van der Waals surface area contributed by atoms with Crippen molar-refractivity contribution in [3.8, 4) is 23.0 Å². The van der Waals surface area contributed by atoms with Crippen LogP contribution >= 0.6 is 0 Å². The van der Waals surface area contributed by atoms with Crippen LogP contribution in [0.4, 0.5) is 0 Å². The van der Waals surface area contributed by atoms with Crippen LogP contribution in [-0.4, -0.2) is 62.2 Å². The maximum Gasteiger partial charge on any atom is 0.279 e. The highest BCUT2D eigenvalue weighted by atomic mass is 16.5. The lowest BCUT2D eigenvalue weighted by atomic mass is 10.1. The number of nitrogens with two attached hydrogens (primary N) is 1. The molecule has 192 valence electrons. The quantitative estimate of drug-likeness (QED) is 0.400. The second kappa shape index (κ2) is 11.1. The van der Waals surface area contributed by atoms with Crippen molar-refractivity contribution < 1.29 is 28.5 Å². The Bertz CT molecular complexity index is 1190. The van der Waals surface area contributed by atoms with Crippen LogP contribution < -0.4 is 25.3 Å². The highest BCUT2D eigenvalue weighted by Crippen LogP contribution is 2.37. The first kappa shape index (κ1) is 26.6. The van der Waals surface area contributed by atoms with Gasteiger partial charge in [0.05, 0.1) is 12.2 Å². The maximum atomic E-state index is 12.8. The average Bonchev–Trinajstić information content (AvgIpc) is 2.81. The fourth-order valence-corrected chi connectivity index (χ4v) is 3.44. The summed E-state index contributed by atoms with van der Waals surface area (Å²) in [5.74, 6) is 0.887. The summed E-state index contributed by atoms with van der Waals surface area (Å²) in [6.45, 7) is 5.81. The molecule has 3 rings (SSSR count). The summed E-state index contributed by atoms with van der Waals surface area (Å²) >= 11 is 0. The number of ether oxygens (including phenoxy) is 4. The van der Waals surface area contributed by atoms with Gasteiger partial charge >= 0.3 is 0 Å². The molecule has 0 spiro atoms. The molecule has 3 N–H and O–H groups in total. The zero-order valence-corrected chi connectivity index (χ0v) is 21.3. The number of rotatable bonds is 9. The van der Waals surface area contributed by atoms with Crippen LogP contribution in [0.5, 0.6) is 23.0 Å². The standard InChI is InChI=1S/C26H32N4O6/c1-16(15-33-6)34-19-11-17(24(31)29-23(27)9-10-28-4)12-20(13-19)35-18-7-8-21-22(14-18)36-26(2,3)30(5)25(21)32/h7-14,16,28H,15H2,1-6H3,(H2,27,29,31)/b10-9-/t16-/m0/s1. The number of hydrogen-bond acceptors (Lipinski definition) is 7. The molecular formula is C26H32N4O6. The molecule has 10 nitrogen and oxygen atoms in total. The van der Waals surface area contributed by atoms with Crippen LogP contribution in [0.15, 0.2) is 53.7 Å². The molecule has 0 radical (unpaired) electrons. The van der Waals surface area contributed by atoms with Gasteiger partial charge in [-0.25, -0.2) is 0 Å². The minimum absolute atomic E-state index is 0.0416. The molecule has 0 aromatic heterocycles. The summed E-state index contributed by atoms with van der Waals surface area (Å²) in [5, 5.41) is 2.78. The molecule has 1 aliphatic heterocycles. The molecule has 1 heterocycles. The predicted octanol–water partition coefficient (Wildman–Crippen LogP) is 3.32. The van der Waals surface area contributed by atoms with Gasteiger partial charge in [0.25, 0.3) is 11.8 Å². The predicted molar refractivity (Wildman–Crippen MR) is 136 cm³/mol. The number of nitrogens with zero attached hydrogens (tertiary/aromatic N) is 2. The van der Waals surface area contributed by atoms with Gasteiger partial charge < -0.3 is 34.9 Å². The van der Waals surface area contributed by atoms with Crippen molar-refractivity contribution >= 4 is 17.6 Å². The fourth-order valence-electron chi connectivity index (χ4n) is 3.44. The highest BCUT2D eigenvalue weighted by molar-refractivity contribution is 6.06. The first-order valence-electron chi connectivity index (χ1n) is 11.4. The minimum atomic E-state index is -0.812. The van der Waals surface area contributed by atoms with Crippen LogP contribution in [-0.2, 0) is 4.74 Å². The van der Waals surface area contributed by atoms with Crippen molar-refractivity contribution in [2.45, 2.75) is 32.6 Å². The number of carbonyl (C=O) groups excluding carboxylic acids is 2. The van der Waals surface area contributed by atoms with Gasteiger partial charge in [0.1, 0.15) is 34.9 Å². The number of amides is 2. The van der Waals surface area contributed by atoms with Crippen molar-refractivity contribution in [3.05, 3.63) is 59.8 Å². The molecule has 0 saturated heterocycles. The molecule has 0 bridgehead atoms. The topological polar surface area (TPSA) is 125 Å².